The van der Waals surface area contributed by atoms with Crippen LogP contribution < -0.4 is 16.0 Å². The molecule has 0 aromatic rings. The Labute approximate surface area is 176 Å². The van der Waals surface area contributed by atoms with Gasteiger partial charge in [-0.15, -0.1) is 0 Å². The number of carbonyl (C=O) groups is 2. The second-order valence-electron chi connectivity index (χ2n) is 9.13. The molecule has 1 aliphatic carbocycles. The summed E-state index contributed by atoms with van der Waals surface area (Å²) in [6, 6.07) is -0.0720. The molecule has 168 valence electrons. The Hall–Kier alpha value is -1.99. The zero-order valence-electron chi connectivity index (χ0n) is 19.4. The first-order chi connectivity index (χ1) is 13.5. The van der Waals surface area contributed by atoms with E-state index in [1.54, 1.807) is 11.9 Å². The van der Waals surface area contributed by atoms with E-state index >= 15 is 0 Å². The van der Waals surface area contributed by atoms with Gasteiger partial charge in [0, 0.05) is 40.3 Å². The van der Waals surface area contributed by atoms with E-state index in [0.29, 0.717) is 19.0 Å². The van der Waals surface area contributed by atoms with Crippen LogP contribution in [0.2, 0.25) is 0 Å². The molecule has 1 fully saturated rings. The monoisotopic (exact) mass is 411 g/mol. The topological polar surface area (TPSA) is 95.1 Å². The van der Waals surface area contributed by atoms with Crippen LogP contribution in [0.3, 0.4) is 0 Å². The van der Waals surface area contributed by atoms with Crippen molar-refractivity contribution in [3.8, 4) is 0 Å². The van der Waals surface area contributed by atoms with E-state index in [4.69, 9.17) is 4.74 Å². The average Bonchev–Trinajstić information content (AvgIpc) is 3.09. The minimum atomic E-state index is -0.527. The van der Waals surface area contributed by atoms with Gasteiger partial charge in [0.2, 0.25) is 5.91 Å². The van der Waals surface area contributed by atoms with Crippen molar-refractivity contribution in [2.75, 3.05) is 34.2 Å². The lowest BCUT2D eigenvalue weighted by Gasteiger charge is -2.31. The van der Waals surface area contributed by atoms with Gasteiger partial charge in [0.25, 0.3) is 0 Å². The molecule has 1 atom stereocenters. The van der Waals surface area contributed by atoms with Gasteiger partial charge in [-0.25, -0.2) is 4.79 Å². The van der Waals surface area contributed by atoms with Gasteiger partial charge in [0.1, 0.15) is 5.60 Å². The Morgan fingerprint density at radius 2 is 1.79 bits per heavy atom. The number of guanidine groups is 1. The van der Waals surface area contributed by atoms with Crippen LogP contribution in [0.25, 0.3) is 0 Å². The van der Waals surface area contributed by atoms with Gasteiger partial charge in [0.05, 0.1) is 5.41 Å². The van der Waals surface area contributed by atoms with Crippen LogP contribution in [-0.2, 0) is 9.53 Å². The molecule has 0 spiro atoms. The SMILES string of the molecule is CCCC(CNC(=NC)NCC1(C(=O)N(C)C)CCCC1)NC(=O)OC(C)(C)C. The highest BCUT2D eigenvalue weighted by molar-refractivity contribution is 5.85. The summed E-state index contributed by atoms with van der Waals surface area (Å²) in [6.45, 7) is 8.70. The van der Waals surface area contributed by atoms with Crippen molar-refractivity contribution in [2.24, 2.45) is 10.4 Å². The molecule has 8 nitrogen and oxygen atoms in total. The second kappa shape index (κ2) is 11.3. The van der Waals surface area contributed by atoms with Crippen molar-refractivity contribution in [1.82, 2.24) is 20.9 Å². The Morgan fingerprint density at radius 1 is 1.17 bits per heavy atom. The molecule has 0 bridgehead atoms. The minimum absolute atomic E-state index is 0.0720. The van der Waals surface area contributed by atoms with E-state index in [1.807, 2.05) is 34.9 Å². The summed E-state index contributed by atoms with van der Waals surface area (Å²) in [5.41, 5.74) is -0.890. The Balaban J connectivity index is 2.62. The van der Waals surface area contributed by atoms with E-state index in [0.717, 1.165) is 38.5 Å². The second-order valence-corrected chi connectivity index (χ2v) is 9.13. The molecule has 1 rings (SSSR count). The number of nitrogens with one attached hydrogen (secondary N) is 3. The molecule has 3 N–H and O–H groups in total. The molecule has 0 saturated heterocycles. The average molecular weight is 412 g/mol. The summed E-state index contributed by atoms with van der Waals surface area (Å²) in [5, 5.41) is 9.52. The van der Waals surface area contributed by atoms with Gasteiger partial charge in [-0.05, 0) is 40.0 Å². The number of rotatable bonds is 8. The Morgan fingerprint density at radius 3 is 2.28 bits per heavy atom. The van der Waals surface area contributed by atoms with Gasteiger partial charge >= 0.3 is 6.09 Å². The number of ether oxygens (including phenoxy) is 1. The summed E-state index contributed by atoms with van der Waals surface area (Å²) in [7, 11) is 5.33. The molecule has 0 heterocycles. The smallest absolute Gasteiger partial charge is 0.407 e. The summed E-state index contributed by atoms with van der Waals surface area (Å²) in [6.07, 6.45) is 5.29. The lowest BCUT2D eigenvalue weighted by atomic mass is 9.84. The molecule has 1 unspecified atom stereocenters. The predicted octanol–water partition coefficient (Wildman–Crippen LogP) is 2.49. The molecule has 29 heavy (non-hydrogen) atoms. The number of aliphatic imine (C=N–C) groups is 1. The highest BCUT2D eigenvalue weighted by Gasteiger charge is 2.42. The van der Waals surface area contributed by atoms with Crippen molar-refractivity contribution in [2.45, 2.75) is 77.9 Å². The molecule has 1 aliphatic rings. The number of nitrogens with zero attached hydrogens (tertiary/aromatic N) is 2. The number of hydrogen-bond acceptors (Lipinski definition) is 4. The molecular weight excluding hydrogens is 370 g/mol. The number of alkyl carbamates (subject to hydrolysis) is 1. The predicted molar refractivity (Wildman–Crippen MR) is 117 cm³/mol. The quantitative estimate of drug-likeness (QED) is 0.421. The van der Waals surface area contributed by atoms with Crippen molar-refractivity contribution in [1.29, 1.82) is 0 Å². The molecule has 1 saturated carbocycles. The fourth-order valence-electron chi connectivity index (χ4n) is 3.73. The lowest BCUT2D eigenvalue weighted by molar-refractivity contribution is -0.138. The third-order valence-corrected chi connectivity index (χ3v) is 5.11. The maximum Gasteiger partial charge on any atom is 0.407 e. The fraction of sp³-hybridized carbons (Fsp3) is 0.857. The van der Waals surface area contributed by atoms with Gasteiger partial charge in [-0.1, -0.05) is 26.2 Å². The Bertz CT molecular complexity index is 563. The van der Waals surface area contributed by atoms with Gasteiger partial charge < -0.3 is 25.6 Å². The normalized spacial score (nSPS) is 17.4. The fourth-order valence-corrected chi connectivity index (χ4v) is 3.73. The van der Waals surface area contributed by atoms with Gasteiger partial charge in [0.15, 0.2) is 5.96 Å². The van der Waals surface area contributed by atoms with Gasteiger partial charge in [-0.2, -0.15) is 0 Å². The highest BCUT2D eigenvalue weighted by atomic mass is 16.6. The first-order valence-corrected chi connectivity index (χ1v) is 10.7. The van der Waals surface area contributed by atoms with Crippen molar-refractivity contribution in [3.05, 3.63) is 0 Å². The number of amides is 2. The maximum atomic E-state index is 12.7. The molecule has 8 heteroatoms. The summed E-state index contributed by atoms with van der Waals surface area (Å²) >= 11 is 0. The first kappa shape index (κ1) is 25.0. The summed E-state index contributed by atoms with van der Waals surface area (Å²) < 4.78 is 5.36. The van der Waals surface area contributed by atoms with Gasteiger partial charge in [-0.3, -0.25) is 9.79 Å². The van der Waals surface area contributed by atoms with E-state index in [2.05, 4.69) is 27.9 Å². The van der Waals surface area contributed by atoms with Crippen molar-refractivity contribution in [3.63, 3.8) is 0 Å². The largest absolute Gasteiger partial charge is 0.444 e. The summed E-state index contributed by atoms with van der Waals surface area (Å²) in [5.74, 6) is 0.809. The summed E-state index contributed by atoms with van der Waals surface area (Å²) in [4.78, 5) is 30.8. The van der Waals surface area contributed by atoms with E-state index in [-0.39, 0.29) is 17.4 Å². The number of carbonyl (C=O) groups excluding carboxylic acids is 2. The van der Waals surface area contributed by atoms with Crippen LogP contribution in [0.4, 0.5) is 4.79 Å². The highest BCUT2D eigenvalue weighted by Crippen LogP contribution is 2.38. The molecule has 0 aromatic heterocycles. The van der Waals surface area contributed by atoms with E-state index in [1.165, 1.54) is 0 Å². The zero-order valence-corrected chi connectivity index (χ0v) is 19.4. The standard InChI is InChI=1S/C21H41N5O3/c1-8-11-16(25-19(28)29-20(2,3)4)14-23-18(22-5)24-15-21(12-9-10-13-21)17(27)26(6)7/h16H,8-15H2,1-7H3,(H,25,28)(H2,22,23,24). The van der Waals surface area contributed by atoms with Crippen LogP contribution in [0, 0.1) is 5.41 Å². The molecule has 0 radical (unpaired) electrons. The van der Waals surface area contributed by atoms with Crippen LogP contribution in [0.1, 0.15) is 66.2 Å². The minimum Gasteiger partial charge on any atom is -0.444 e. The lowest BCUT2D eigenvalue weighted by Crippen LogP contribution is -2.51. The van der Waals surface area contributed by atoms with Crippen LogP contribution in [-0.4, -0.2) is 68.7 Å². The van der Waals surface area contributed by atoms with Crippen LogP contribution in [0.5, 0.6) is 0 Å². The van der Waals surface area contributed by atoms with Crippen molar-refractivity contribution < 1.29 is 14.3 Å². The maximum absolute atomic E-state index is 12.7. The molecular formula is C21H41N5O3. The Kier molecular flexibility index (Phi) is 9.73. The van der Waals surface area contributed by atoms with E-state index in [9.17, 15) is 9.59 Å². The molecule has 0 aliphatic heterocycles. The van der Waals surface area contributed by atoms with E-state index < -0.39 is 11.7 Å². The third-order valence-electron chi connectivity index (χ3n) is 5.11. The number of hydrogen-bond donors (Lipinski definition) is 3. The third kappa shape index (κ3) is 8.50. The first-order valence-electron chi connectivity index (χ1n) is 10.7. The zero-order chi connectivity index (χ0) is 22.1. The van der Waals surface area contributed by atoms with Crippen LogP contribution >= 0.6 is 0 Å². The van der Waals surface area contributed by atoms with Crippen molar-refractivity contribution >= 4 is 18.0 Å². The molecule has 2 amide bonds. The molecule has 0 aromatic carbocycles. The van der Waals surface area contributed by atoms with Crippen LogP contribution in [0.15, 0.2) is 4.99 Å².